The first-order valence-electron chi connectivity index (χ1n) is 8.31. The van der Waals surface area contributed by atoms with Gasteiger partial charge in [0.2, 0.25) is 5.91 Å². The summed E-state index contributed by atoms with van der Waals surface area (Å²) in [5, 5.41) is 11.6. The molecule has 0 aliphatic carbocycles. The largest absolute Gasteiger partial charge is 0.478 e. The Kier molecular flexibility index (Phi) is 6.67. The number of aryl methyl sites for hydroxylation is 2. The second kappa shape index (κ2) is 8.95. The average Bonchev–Trinajstić information content (AvgIpc) is 2.62. The molecule has 2 aromatic rings. The van der Waals surface area contributed by atoms with E-state index < -0.39 is 11.9 Å². The summed E-state index contributed by atoms with van der Waals surface area (Å²) in [5.74, 6) is -1.78. The van der Waals surface area contributed by atoms with Crippen molar-refractivity contribution in [1.29, 1.82) is 0 Å². The molecule has 0 spiro atoms. The quantitative estimate of drug-likeness (QED) is 0.781. The van der Waals surface area contributed by atoms with Crippen LogP contribution in [0.25, 0.3) is 0 Å². The van der Waals surface area contributed by atoms with Gasteiger partial charge < -0.3 is 20.1 Å². The fraction of sp³-hybridized carbons (Fsp3) is 0.250. The normalized spacial score (nSPS) is 10.3. The van der Waals surface area contributed by atoms with Crippen LogP contribution < -0.4 is 10.2 Å². The zero-order chi connectivity index (χ0) is 20.0. The van der Waals surface area contributed by atoms with E-state index in [4.69, 9.17) is 9.84 Å². The Labute approximate surface area is 157 Å². The van der Waals surface area contributed by atoms with Crippen LogP contribution in [0.5, 0.6) is 0 Å². The summed E-state index contributed by atoms with van der Waals surface area (Å²) in [6.45, 7) is 3.56. The number of rotatable bonds is 7. The number of carboxylic acids is 1. The van der Waals surface area contributed by atoms with Crippen LogP contribution in [0, 0.1) is 13.8 Å². The molecule has 2 rings (SSSR count). The first kappa shape index (κ1) is 20.1. The standard InChI is InChI=1S/C20H22N2O5/c1-13-4-9-17(10-14(13)2)22(19(24)12-27-3)11-18(23)21-16-7-5-15(6-8-16)20(25)26/h4-10H,11-12H2,1-3H3,(H,21,23)(H,25,26). The molecule has 0 bridgehead atoms. The van der Waals surface area contributed by atoms with Crippen LogP contribution in [0.15, 0.2) is 42.5 Å². The van der Waals surface area contributed by atoms with Gasteiger partial charge in [-0.2, -0.15) is 0 Å². The van der Waals surface area contributed by atoms with Crippen molar-refractivity contribution in [3.63, 3.8) is 0 Å². The summed E-state index contributed by atoms with van der Waals surface area (Å²) in [7, 11) is 1.42. The number of methoxy groups -OCH3 is 1. The molecular weight excluding hydrogens is 348 g/mol. The van der Waals surface area contributed by atoms with Gasteiger partial charge in [-0.3, -0.25) is 9.59 Å². The number of hydrogen-bond donors (Lipinski definition) is 2. The zero-order valence-corrected chi connectivity index (χ0v) is 15.5. The van der Waals surface area contributed by atoms with Gasteiger partial charge >= 0.3 is 5.97 Å². The van der Waals surface area contributed by atoms with E-state index in [0.717, 1.165) is 11.1 Å². The van der Waals surface area contributed by atoms with Crippen LogP contribution in [-0.4, -0.2) is 43.2 Å². The number of carboxylic acid groups (broad SMARTS) is 1. The summed E-state index contributed by atoms with van der Waals surface area (Å²) in [5.41, 5.74) is 3.27. The van der Waals surface area contributed by atoms with Crippen molar-refractivity contribution < 1.29 is 24.2 Å². The first-order valence-corrected chi connectivity index (χ1v) is 8.31. The molecule has 0 aliphatic heterocycles. The van der Waals surface area contributed by atoms with Crippen LogP contribution in [0.4, 0.5) is 11.4 Å². The number of ether oxygens (including phenoxy) is 1. The second-order valence-corrected chi connectivity index (χ2v) is 6.11. The van der Waals surface area contributed by atoms with Gasteiger partial charge in [-0.15, -0.1) is 0 Å². The number of carbonyl (C=O) groups is 3. The molecule has 7 nitrogen and oxygen atoms in total. The van der Waals surface area contributed by atoms with Crippen molar-refractivity contribution in [2.75, 3.05) is 30.5 Å². The molecule has 7 heteroatoms. The highest BCUT2D eigenvalue weighted by atomic mass is 16.5. The van der Waals surface area contributed by atoms with Crippen LogP contribution in [0.2, 0.25) is 0 Å². The smallest absolute Gasteiger partial charge is 0.335 e. The number of nitrogens with zero attached hydrogens (tertiary/aromatic N) is 1. The van der Waals surface area contributed by atoms with Crippen LogP contribution >= 0.6 is 0 Å². The van der Waals surface area contributed by atoms with E-state index in [9.17, 15) is 14.4 Å². The summed E-state index contributed by atoms with van der Waals surface area (Å²) in [4.78, 5) is 37.1. The predicted octanol–water partition coefficient (Wildman–Crippen LogP) is 2.62. The maximum Gasteiger partial charge on any atom is 0.335 e. The lowest BCUT2D eigenvalue weighted by Crippen LogP contribution is -2.40. The third-order valence-electron chi connectivity index (χ3n) is 4.09. The molecule has 0 radical (unpaired) electrons. The van der Waals surface area contributed by atoms with Crippen LogP contribution in [-0.2, 0) is 14.3 Å². The van der Waals surface area contributed by atoms with E-state index in [-0.39, 0.29) is 24.6 Å². The van der Waals surface area contributed by atoms with Crippen molar-refractivity contribution in [1.82, 2.24) is 0 Å². The molecule has 2 amide bonds. The highest BCUT2D eigenvalue weighted by Crippen LogP contribution is 2.19. The maximum atomic E-state index is 12.4. The third-order valence-corrected chi connectivity index (χ3v) is 4.09. The number of hydrogen-bond acceptors (Lipinski definition) is 4. The van der Waals surface area contributed by atoms with E-state index in [1.54, 1.807) is 6.07 Å². The van der Waals surface area contributed by atoms with Crippen molar-refractivity contribution in [3.8, 4) is 0 Å². The minimum absolute atomic E-state index is 0.125. The van der Waals surface area contributed by atoms with E-state index in [1.165, 1.54) is 36.3 Å². The van der Waals surface area contributed by atoms with Gasteiger partial charge in [0, 0.05) is 18.5 Å². The monoisotopic (exact) mass is 370 g/mol. The lowest BCUT2D eigenvalue weighted by Gasteiger charge is -2.23. The molecule has 0 saturated carbocycles. The minimum Gasteiger partial charge on any atom is -0.478 e. The molecule has 2 aromatic carbocycles. The van der Waals surface area contributed by atoms with Gasteiger partial charge in [-0.05, 0) is 61.4 Å². The van der Waals surface area contributed by atoms with Crippen molar-refractivity contribution in [2.24, 2.45) is 0 Å². The molecule has 0 aliphatic rings. The van der Waals surface area contributed by atoms with Gasteiger partial charge in [0.05, 0.1) is 5.56 Å². The van der Waals surface area contributed by atoms with Crippen molar-refractivity contribution >= 4 is 29.2 Å². The van der Waals surface area contributed by atoms with Crippen LogP contribution in [0.1, 0.15) is 21.5 Å². The number of nitrogens with one attached hydrogen (secondary N) is 1. The topological polar surface area (TPSA) is 95.9 Å². The molecule has 0 aromatic heterocycles. The summed E-state index contributed by atoms with van der Waals surface area (Å²) < 4.78 is 4.92. The molecule has 2 N–H and O–H groups in total. The lowest BCUT2D eigenvalue weighted by atomic mass is 10.1. The molecule has 27 heavy (non-hydrogen) atoms. The Bertz CT molecular complexity index is 846. The van der Waals surface area contributed by atoms with Crippen molar-refractivity contribution in [3.05, 3.63) is 59.2 Å². The van der Waals surface area contributed by atoms with E-state index >= 15 is 0 Å². The Morgan fingerprint density at radius 1 is 1.04 bits per heavy atom. The second-order valence-electron chi connectivity index (χ2n) is 6.11. The lowest BCUT2D eigenvalue weighted by molar-refractivity contribution is -0.124. The van der Waals surface area contributed by atoms with Gasteiger partial charge in [0.15, 0.2) is 0 Å². The fourth-order valence-electron chi connectivity index (χ4n) is 2.46. The maximum absolute atomic E-state index is 12.4. The van der Waals surface area contributed by atoms with E-state index in [0.29, 0.717) is 11.4 Å². The van der Waals surface area contributed by atoms with Gasteiger partial charge in [-0.1, -0.05) is 6.07 Å². The predicted molar refractivity (Wildman–Crippen MR) is 102 cm³/mol. The first-order chi connectivity index (χ1) is 12.8. The summed E-state index contributed by atoms with van der Waals surface area (Å²) in [6.07, 6.45) is 0. The molecule has 0 unspecified atom stereocenters. The summed E-state index contributed by atoms with van der Waals surface area (Å²) in [6, 6.07) is 11.3. The van der Waals surface area contributed by atoms with E-state index in [1.807, 2.05) is 26.0 Å². The third kappa shape index (κ3) is 5.39. The molecule has 142 valence electrons. The van der Waals surface area contributed by atoms with Crippen LogP contribution in [0.3, 0.4) is 0 Å². The Hall–Kier alpha value is -3.19. The van der Waals surface area contributed by atoms with Gasteiger partial charge in [0.25, 0.3) is 5.91 Å². The number of aromatic carboxylic acids is 1. The van der Waals surface area contributed by atoms with Crippen molar-refractivity contribution in [2.45, 2.75) is 13.8 Å². The Morgan fingerprint density at radius 2 is 1.70 bits per heavy atom. The number of anilines is 2. The fourth-order valence-corrected chi connectivity index (χ4v) is 2.46. The molecule has 0 atom stereocenters. The zero-order valence-electron chi connectivity index (χ0n) is 15.5. The molecular formula is C20H22N2O5. The van der Waals surface area contributed by atoms with Gasteiger partial charge in [-0.25, -0.2) is 4.79 Å². The number of benzene rings is 2. The molecule has 0 saturated heterocycles. The highest BCUT2D eigenvalue weighted by molar-refractivity contribution is 6.03. The summed E-state index contributed by atoms with van der Waals surface area (Å²) >= 11 is 0. The Morgan fingerprint density at radius 3 is 2.26 bits per heavy atom. The number of carbonyl (C=O) groups excluding carboxylic acids is 2. The Balaban J connectivity index is 2.16. The average molecular weight is 370 g/mol. The molecule has 0 fully saturated rings. The van der Waals surface area contributed by atoms with Gasteiger partial charge in [0.1, 0.15) is 13.2 Å². The highest BCUT2D eigenvalue weighted by Gasteiger charge is 2.19. The SMILES string of the molecule is COCC(=O)N(CC(=O)Nc1ccc(C(=O)O)cc1)c1ccc(C)c(C)c1. The minimum atomic E-state index is -1.04. The number of amides is 2. The molecule has 0 heterocycles. The van der Waals surface area contributed by atoms with E-state index in [2.05, 4.69) is 5.32 Å².